The highest BCUT2D eigenvalue weighted by molar-refractivity contribution is 7.89. The van der Waals surface area contributed by atoms with Crippen LogP contribution in [0.4, 0.5) is 0 Å². The Kier molecular flexibility index (Phi) is 6.72. The first-order valence-electron chi connectivity index (χ1n) is 9.89. The minimum absolute atomic E-state index is 0.159. The van der Waals surface area contributed by atoms with Crippen molar-refractivity contribution in [1.29, 1.82) is 0 Å². The molecule has 6 nitrogen and oxygen atoms in total. The maximum absolute atomic E-state index is 13.7. The lowest BCUT2D eigenvalue weighted by Crippen LogP contribution is -2.50. The van der Waals surface area contributed by atoms with E-state index in [0.717, 1.165) is 24.2 Å². The third-order valence-electron chi connectivity index (χ3n) is 5.19. The molecule has 0 radical (unpaired) electrons. The summed E-state index contributed by atoms with van der Waals surface area (Å²) >= 11 is 0. The average Bonchev–Trinajstić information content (AvgIpc) is 2.68. The van der Waals surface area contributed by atoms with Gasteiger partial charge < -0.3 is 10.2 Å². The van der Waals surface area contributed by atoms with Crippen molar-refractivity contribution < 1.29 is 13.2 Å². The van der Waals surface area contributed by atoms with Gasteiger partial charge in [0.2, 0.25) is 15.9 Å². The van der Waals surface area contributed by atoms with Crippen LogP contribution in [-0.4, -0.2) is 56.3 Å². The van der Waals surface area contributed by atoms with Crippen LogP contribution in [0.3, 0.4) is 0 Å². The van der Waals surface area contributed by atoms with Gasteiger partial charge in [-0.1, -0.05) is 48.0 Å². The van der Waals surface area contributed by atoms with Gasteiger partial charge in [0.1, 0.15) is 0 Å². The van der Waals surface area contributed by atoms with Crippen molar-refractivity contribution in [2.45, 2.75) is 32.2 Å². The van der Waals surface area contributed by atoms with Crippen molar-refractivity contribution in [3.05, 3.63) is 64.7 Å². The summed E-state index contributed by atoms with van der Waals surface area (Å²) in [5.74, 6) is -0.159. The second-order valence-corrected chi connectivity index (χ2v) is 9.49. The van der Waals surface area contributed by atoms with Gasteiger partial charge in [0.25, 0.3) is 0 Å². The molecule has 29 heavy (non-hydrogen) atoms. The number of benzene rings is 2. The van der Waals surface area contributed by atoms with E-state index in [0.29, 0.717) is 29.1 Å². The van der Waals surface area contributed by atoms with Crippen molar-refractivity contribution in [1.82, 2.24) is 14.5 Å². The van der Waals surface area contributed by atoms with E-state index in [4.69, 9.17) is 0 Å². The highest BCUT2D eigenvalue weighted by atomic mass is 32.2. The first-order valence-corrected chi connectivity index (χ1v) is 11.3. The molecule has 0 unspecified atom stereocenters. The van der Waals surface area contributed by atoms with Crippen LogP contribution < -0.4 is 5.32 Å². The third kappa shape index (κ3) is 5.04. The van der Waals surface area contributed by atoms with Crippen molar-refractivity contribution in [2.75, 3.05) is 32.7 Å². The highest BCUT2D eigenvalue weighted by Gasteiger charge is 2.31. The summed E-state index contributed by atoms with van der Waals surface area (Å²) in [6.45, 7) is 8.23. The van der Waals surface area contributed by atoms with Gasteiger partial charge in [-0.15, -0.1) is 0 Å². The van der Waals surface area contributed by atoms with E-state index in [1.807, 2.05) is 63.2 Å². The van der Waals surface area contributed by atoms with Crippen LogP contribution in [0.2, 0.25) is 0 Å². The van der Waals surface area contributed by atoms with E-state index in [2.05, 4.69) is 5.32 Å². The SMILES string of the molecule is Cc1cc(C)c(S(=O)(=O)N(CC(=O)N2CCNCC2)Cc2ccccc2)c(C)c1. The number of carbonyl (C=O) groups is 1. The lowest BCUT2D eigenvalue weighted by molar-refractivity contribution is -0.132. The Bertz CT molecular complexity index is 945. The van der Waals surface area contributed by atoms with E-state index >= 15 is 0 Å². The minimum Gasteiger partial charge on any atom is -0.339 e. The van der Waals surface area contributed by atoms with Crippen molar-refractivity contribution >= 4 is 15.9 Å². The highest BCUT2D eigenvalue weighted by Crippen LogP contribution is 2.26. The van der Waals surface area contributed by atoms with Crippen LogP contribution in [0.15, 0.2) is 47.4 Å². The molecule has 0 saturated carbocycles. The lowest BCUT2D eigenvalue weighted by Gasteiger charge is -2.30. The van der Waals surface area contributed by atoms with E-state index in [-0.39, 0.29) is 19.0 Å². The van der Waals surface area contributed by atoms with Crippen LogP contribution >= 0.6 is 0 Å². The molecule has 0 spiro atoms. The molecular formula is C22H29N3O3S. The summed E-state index contributed by atoms with van der Waals surface area (Å²) < 4.78 is 28.6. The van der Waals surface area contributed by atoms with Gasteiger partial charge in [0.15, 0.2) is 0 Å². The topological polar surface area (TPSA) is 69.7 Å². The molecule has 0 bridgehead atoms. The molecule has 0 aromatic heterocycles. The summed E-state index contributed by atoms with van der Waals surface area (Å²) in [6.07, 6.45) is 0. The summed E-state index contributed by atoms with van der Waals surface area (Å²) in [5.41, 5.74) is 3.28. The van der Waals surface area contributed by atoms with Gasteiger partial charge in [0.05, 0.1) is 11.4 Å². The zero-order chi connectivity index (χ0) is 21.0. The van der Waals surface area contributed by atoms with Crippen LogP contribution in [-0.2, 0) is 21.4 Å². The van der Waals surface area contributed by atoms with Crippen molar-refractivity contribution in [3.8, 4) is 0 Å². The van der Waals surface area contributed by atoms with Gasteiger partial charge in [-0.3, -0.25) is 4.79 Å². The van der Waals surface area contributed by atoms with Gasteiger partial charge in [-0.2, -0.15) is 4.31 Å². The molecular weight excluding hydrogens is 386 g/mol. The molecule has 0 atom stereocenters. The van der Waals surface area contributed by atoms with Crippen LogP contribution in [0, 0.1) is 20.8 Å². The number of hydrogen-bond acceptors (Lipinski definition) is 4. The number of carbonyl (C=O) groups excluding carboxylic acids is 1. The fourth-order valence-corrected chi connectivity index (χ4v) is 5.67. The van der Waals surface area contributed by atoms with Gasteiger partial charge in [-0.05, 0) is 37.5 Å². The van der Waals surface area contributed by atoms with E-state index < -0.39 is 10.0 Å². The predicted molar refractivity (Wildman–Crippen MR) is 114 cm³/mol. The van der Waals surface area contributed by atoms with Crippen molar-refractivity contribution in [2.24, 2.45) is 0 Å². The van der Waals surface area contributed by atoms with Crippen LogP contribution in [0.1, 0.15) is 22.3 Å². The molecule has 1 aliphatic rings. The Morgan fingerprint density at radius 2 is 1.62 bits per heavy atom. The van der Waals surface area contributed by atoms with E-state index in [1.54, 1.807) is 4.90 Å². The largest absolute Gasteiger partial charge is 0.339 e. The average molecular weight is 416 g/mol. The molecule has 0 aliphatic carbocycles. The standard InChI is InChI=1S/C22H29N3O3S/c1-17-13-18(2)22(19(3)14-17)29(27,28)25(15-20-7-5-4-6-8-20)16-21(26)24-11-9-23-10-12-24/h4-8,13-14,23H,9-12,15-16H2,1-3H3. The Balaban J connectivity index is 1.96. The fourth-order valence-electron chi connectivity index (χ4n) is 3.88. The van der Waals surface area contributed by atoms with E-state index in [9.17, 15) is 13.2 Å². The zero-order valence-corrected chi connectivity index (χ0v) is 18.1. The lowest BCUT2D eigenvalue weighted by atomic mass is 10.1. The monoisotopic (exact) mass is 415 g/mol. The molecule has 1 saturated heterocycles. The molecule has 1 amide bonds. The molecule has 2 aromatic carbocycles. The molecule has 156 valence electrons. The smallest absolute Gasteiger partial charge is 0.244 e. The zero-order valence-electron chi connectivity index (χ0n) is 17.3. The Morgan fingerprint density at radius 1 is 1.03 bits per heavy atom. The molecule has 2 aromatic rings. The number of sulfonamides is 1. The summed E-state index contributed by atoms with van der Waals surface area (Å²) in [4.78, 5) is 14.9. The number of aryl methyl sites for hydroxylation is 3. The van der Waals surface area contributed by atoms with Gasteiger partial charge in [-0.25, -0.2) is 8.42 Å². The molecule has 1 aliphatic heterocycles. The maximum Gasteiger partial charge on any atom is 0.244 e. The maximum atomic E-state index is 13.7. The van der Waals surface area contributed by atoms with Crippen LogP contribution in [0.5, 0.6) is 0 Å². The molecule has 1 heterocycles. The Labute approximate surface area is 173 Å². The molecule has 7 heteroatoms. The number of hydrogen-bond donors (Lipinski definition) is 1. The van der Waals surface area contributed by atoms with Crippen molar-refractivity contribution in [3.63, 3.8) is 0 Å². The number of nitrogens with one attached hydrogen (secondary N) is 1. The van der Waals surface area contributed by atoms with Gasteiger partial charge in [0, 0.05) is 32.7 Å². The summed E-state index contributed by atoms with van der Waals surface area (Å²) in [5, 5.41) is 3.21. The molecule has 1 N–H and O–H groups in total. The fraction of sp³-hybridized carbons (Fsp3) is 0.409. The Morgan fingerprint density at radius 3 is 2.21 bits per heavy atom. The Hall–Kier alpha value is -2.22. The number of amides is 1. The number of nitrogens with zero attached hydrogens (tertiary/aromatic N) is 2. The predicted octanol–water partition coefficient (Wildman–Crippen LogP) is 2.23. The molecule has 1 fully saturated rings. The van der Waals surface area contributed by atoms with Crippen LogP contribution in [0.25, 0.3) is 0 Å². The second-order valence-electron chi connectivity index (χ2n) is 7.62. The third-order valence-corrected chi connectivity index (χ3v) is 7.28. The summed E-state index contributed by atoms with van der Waals surface area (Å²) in [6, 6.07) is 13.2. The molecule has 3 rings (SSSR count). The number of piperazine rings is 1. The summed E-state index contributed by atoms with van der Waals surface area (Å²) in [7, 11) is -3.84. The van der Waals surface area contributed by atoms with E-state index in [1.165, 1.54) is 4.31 Å². The van der Waals surface area contributed by atoms with Gasteiger partial charge >= 0.3 is 0 Å². The first-order chi connectivity index (χ1) is 13.8. The quantitative estimate of drug-likeness (QED) is 0.786. The first kappa shape index (κ1) is 21.5. The second kappa shape index (κ2) is 9.07. The number of rotatable bonds is 6. The normalized spacial score (nSPS) is 15.0. The minimum atomic E-state index is -3.84.